The zero-order valence-electron chi connectivity index (χ0n) is 12.2. The molecule has 2 rings (SSSR count). The third-order valence-electron chi connectivity index (χ3n) is 3.78. The topological polar surface area (TPSA) is 61.7 Å². The van der Waals surface area contributed by atoms with Gasteiger partial charge in [-0.15, -0.1) is 0 Å². The maximum absolute atomic E-state index is 6.26. The van der Waals surface area contributed by atoms with Crippen molar-refractivity contribution in [2.45, 2.75) is 46.2 Å². The first-order chi connectivity index (χ1) is 9.04. The fourth-order valence-corrected chi connectivity index (χ4v) is 2.53. The summed E-state index contributed by atoms with van der Waals surface area (Å²) in [5.41, 5.74) is 9.90. The van der Waals surface area contributed by atoms with E-state index < -0.39 is 0 Å². The van der Waals surface area contributed by atoms with Crippen molar-refractivity contribution in [3.05, 3.63) is 35.2 Å². The summed E-state index contributed by atoms with van der Waals surface area (Å²) in [6.45, 7) is 7.18. The lowest BCUT2D eigenvalue weighted by Crippen LogP contribution is -2.17. The van der Waals surface area contributed by atoms with Crippen LogP contribution in [0.4, 0.5) is 0 Å². The van der Waals surface area contributed by atoms with Gasteiger partial charge in [-0.1, -0.05) is 0 Å². The molecule has 0 bridgehead atoms. The summed E-state index contributed by atoms with van der Waals surface area (Å²) in [5.74, 6) is 0.974. The lowest BCUT2D eigenvalue weighted by Gasteiger charge is -2.13. The molecule has 5 nitrogen and oxygen atoms in total. The number of imidazole rings is 1. The standard InChI is InChI=1S/C14H23N5/c1-5-19-9-8-16-14(19)13(15)7-6-12-10(2)17-18(4)11(12)3/h8-9,13H,5-7,15H2,1-4H3. The molecule has 1 unspecified atom stereocenters. The molecule has 0 radical (unpaired) electrons. The first kappa shape index (κ1) is 13.8. The smallest absolute Gasteiger partial charge is 0.125 e. The maximum Gasteiger partial charge on any atom is 0.125 e. The largest absolute Gasteiger partial charge is 0.334 e. The molecule has 0 aromatic carbocycles. The molecule has 5 heteroatoms. The Labute approximate surface area is 114 Å². The second-order valence-corrected chi connectivity index (χ2v) is 4.99. The van der Waals surface area contributed by atoms with E-state index in [0.29, 0.717) is 0 Å². The van der Waals surface area contributed by atoms with Crippen LogP contribution in [-0.4, -0.2) is 19.3 Å². The SMILES string of the molecule is CCn1ccnc1C(N)CCc1c(C)nn(C)c1C. The van der Waals surface area contributed by atoms with Gasteiger partial charge in [0, 0.05) is 31.7 Å². The van der Waals surface area contributed by atoms with Crippen LogP contribution in [0.3, 0.4) is 0 Å². The summed E-state index contributed by atoms with van der Waals surface area (Å²) < 4.78 is 4.04. The molecular weight excluding hydrogens is 238 g/mol. The van der Waals surface area contributed by atoms with Gasteiger partial charge in [0.15, 0.2) is 0 Å². The Morgan fingerprint density at radius 2 is 2.11 bits per heavy atom. The van der Waals surface area contributed by atoms with E-state index in [1.165, 1.54) is 11.3 Å². The molecule has 0 spiro atoms. The third-order valence-corrected chi connectivity index (χ3v) is 3.78. The van der Waals surface area contributed by atoms with Gasteiger partial charge in [0.1, 0.15) is 5.82 Å². The molecule has 0 saturated heterocycles. The van der Waals surface area contributed by atoms with E-state index in [9.17, 15) is 0 Å². The van der Waals surface area contributed by atoms with Crippen molar-refractivity contribution in [2.24, 2.45) is 12.8 Å². The maximum atomic E-state index is 6.26. The summed E-state index contributed by atoms with van der Waals surface area (Å²) in [4.78, 5) is 4.37. The van der Waals surface area contributed by atoms with Gasteiger partial charge >= 0.3 is 0 Å². The second kappa shape index (κ2) is 5.57. The van der Waals surface area contributed by atoms with Gasteiger partial charge in [0.25, 0.3) is 0 Å². The molecule has 104 valence electrons. The van der Waals surface area contributed by atoms with Crippen LogP contribution >= 0.6 is 0 Å². The number of nitrogens with zero attached hydrogens (tertiary/aromatic N) is 4. The second-order valence-electron chi connectivity index (χ2n) is 4.99. The molecule has 2 heterocycles. The zero-order chi connectivity index (χ0) is 14.0. The van der Waals surface area contributed by atoms with E-state index in [0.717, 1.165) is 30.9 Å². The van der Waals surface area contributed by atoms with E-state index in [-0.39, 0.29) is 6.04 Å². The molecule has 0 aliphatic rings. The average Bonchev–Trinajstić information content (AvgIpc) is 2.94. The minimum Gasteiger partial charge on any atom is -0.334 e. The van der Waals surface area contributed by atoms with Gasteiger partial charge in [-0.25, -0.2) is 4.98 Å². The van der Waals surface area contributed by atoms with Crippen molar-refractivity contribution in [2.75, 3.05) is 0 Å². The minimum atomic E-state index is -0.0195. The number of nitrogens with two attached hydrogens (primary N) is 1. The zero-order valence-corrected chi connectivity index (χ0v) is 12.2. The summed E-state index contributed by atoms with van der Waals surface area (Å²) in [6.07, 6.45) is 5.64. The molecule has 19 heavy (non-hydrogen) atoms. The number of hydrogen-bond acceptors (Lipinski definition) is 3. The number of rotatable bonds is 5. The number of aromatic nitrogens is 4. The van der Waals surface area contributed by atoms with E-state index in [1.54, 1.807) is 0 Å². The van der Waals surface area contributed by atoms with Gasteiger partial charge < -0.3 is 10.3 Å². The quantitative estimate of drug-likeness (QED) is 0.894. The van der Waals surface area contributed by atoms with Crippen molar-refractivity contribution in [3.8, 4) is 0 Å². The van der Waals surface area contributed by atoms with Crippen molar-refractivity contribution in [1.82, 2.24) is 19.3 Å². The summed E-state index contributed by atoms with van der Waals surface area (Å²) in [6, 6.07) is -0.0195. The van der Waals surface area contributed by atoms with Crippen LogP contribution in [-0.2, 0) is 20.0 Å². The predicted molar refractivity (Wildman–Crippen MR) is 75.8 cm³/mol. The highest BCUT2D eigenvalue weighted by molar-refractivity contribution is 5.24. The predicted octanol–water partition coefficient (Wildman–Crippen LogP) is 1.89. The highest BCUT2D eigenvalue weighted by Crippen LogP contribution is 2.19. The van der Waals surface area contributed by atoms with Crippen molar-refractivity contribution in [1.29, 1.82) is 0 Å². The van der Waals surface area contributed by atoms with Crippen molar-refractivity contribution in [3.63, 3.8) is 0 Å². The fraction of sp³-hybridized carbons (Fsp3) is 0.571. The Kier molecular flexibility index (Phi) is 4.04. The molecule has 2 aromatic rings. The van der Waals surface area contributed by atoms with Gasteiger partial charge in [0.2, 0.25) is 0 Å². The lowest BCUT2D eigenvalue weighted by molar-refractivity contribution is 0.565. The summed E-state index contributed by atoms with van der Waals surface area (Å²) >= 11 is 0. The third kappa shape index (κ3) is 2.71. The molecule has 0 aliphatic carbocycles. The first-order valence-electron chi connectivity index (χ1n) is 6.80. The molecule has 0 amide bonds. The highest BCUT2D eigenvalue weighted by atomic mass is 15.3. The van der Waals surface area contributed by atoms with E-state index in [2.05, 4.69) is 35.4 Å². The van der Waals surface area contributed by atoms with Crippen LogP contribution in [0, 0.1) is 13.8 Å². The fourth-order valence-electron chi connectivity index (χ4n) is 2.53. The van der Waals surface area contributed by atoms with Gasteiger partial charge in [-0.3, -0.25) is 4.68 Å². The summed E-state index contributed by atoms with van der Waals surface area (Å²) in [5, 5.41) is 4.44. The first-order valence-corrected chi connectivity index (χ1v) is 6.80. The Morgan fingerprint density at radius 3 is 2.68 bits per heavy atom. The number of aryl methyl sites for hydroxylation is 3. The molecule has 2 aromatic heterocycles. The summed E-state index contributed by atoms with van der Waals surface area (Å²) in [7, 11) is 1.98. The van der Waals surface area contributed by atoms with Gasteiger partial charge in [0.05, 0.1) is 11.7 Å². The lowest BCUT2D eigenvalue weighted by atomic mass is 10.0. The highest BCUT2D eigenvalue weighted by Gasteiger charge is 2.15. The van der Waals surface area contributed by atoms with Crippen LogP contribution in [0.2, 0.25) is 0 Å². The van der Waals surface area contributed by atoms with Crippen LogP contribution < -0.4 is 5.73 Å². The van der Waals surface area contributed by atoms with Crippen LogP contribution in [0.5, 0.6) is 0 Å². The molecular formula is C14H23N5. The van der Waals surface area contributed by atoms with E-state index in [4.69, 9.17) is 5.73 Å². The molecule has 0 aliphatic heterocycles. The van der Waals surface area contributed by atoms with Crippen LogP contribution in [0.15, 0.2) is 12.4 Å². The monoisotopic (exact) mass is 261 g/mol. The van der Waals surface area contributed by atoms with E-state index in [1.807, 2.05) is 24.1 Å². The Morgan fingerprint density at radius 1 is 1.37 bits per heavy atom. The van der Waals surface area contributed by atoms with Crippen LogP contribution in [0.1, 0.15) is 42.2 Å². The number of hydrogen-bond donors (Lipinski definition) is 1. The van der Waals surface area contributed by atoms with Gasteiger partial charge in [-0.2, -0.15) is 5.10 Å². The Balaban J connectivity index is 2.06. The van der Waals surface area contributed by atoms with Gasteiger partial charge in [-0.05, 0) is 39.2 Å². The van der Waals surface area contributed by atoms with Crippen LogP contribution in [0.25, 0.3) is 0 Å². The van der Waals surface area contributed by atoms with E-state index >= 15 is 0 Å². The molecule has 0 fully saturated rings. The van der Waals surface area contributed by atoms with Crippen molar-refractivity contribution < 1.29 is 0 Å². The Bertz CT molecular complexity index is 552. The molecule has 1 atom stereocenters. The van der Waals surface area contributed by atoms with Crippen molar-refractivity contribution >= 4 is 0 Å². The molecule has 0 saturated carbocycles. The normalized spacial score (nSPS) is 12.9. The Hall–Kier alpha value is -1.62. The minimum absolute atomic E-state index is 0.0195. The molecule has 2 N–H and O–H groups in total. The average molecular weight is 261 g/mol.